The molecule has 5 nitrogen and oxygen atoms in total. The van der Waals surface area contributed by atoms with Gasteiger partial charge in [0.15, 0.2) is 0 Å². The lowest BCUT2D eigenvalue weighted by atomic mass is 10.1. The summed E-state index contributed by atoms with van der Waals surface area (Å²) in [7, 11) is 0. The predicted molar refractivity (Wildman–Crippen MR) is 98.0 cm³/mol. The smallest absolute Gasteiger partial charge is 0.275 e. The number of nitrogens with zero attached hydrogens (tertiary/aromatic N) is 1. The summed E-state index contributed by atoms with van der Waals surface area (Å²) < 4.78 is 0. The first-order valence-electron chi connectivity index (χ1n) is 7.96. The Balaban J connectivity index is 1.86. The molecule has 0 saturated carbocycles. The number of fused-ring (bicyclic) bond motifs is 1. The maximum atomic E-state index is 12.4. The van der Waals surface area contributed by atoms with Gasteiger partial charge in [-0.1, -0.05) is 31.2 Å². The van der Waals surface area contributed by atoms with Crippen molar-refractivity contribution in [3.63, 3.8) is 0 Å². The number of phenolic OH excluding ortho intramolecular Hbond substituents is 2. The molecule has 25 heavy (non-hydrogen) atoms. The number of benzene rings is 3. The van der Waals surface area contributed by atoms with Crippen LogP contribution in [0, 0.1) is 0 Å². The van der Waals surface area contributed by atoms with Gasteiger partial charge in [0.05, 0.1) is 11.3 Å². The zero-order valence-electron chi connectivity index (χ0n) is 13.7. The molecular formula is C20H18N2O3. The number of carbonyl (C=O) groups excluding carboxylic acids is 1. The highest BCUT2D eigenvalue weighted by atomic mass is 16.3. The molecule has 3 aromatic carbocycles. The lowest BCUT2D eigenvalue weighted by Gasteiger charge is -2.08. The van der Waals surface area contributed by atoms with Gasteiger partial charge in [-0.2, -0.15) is 5.10 Å². The standard InChI is InChI=1S/C20H18N2O3/c1-2-18(13-7-9-16(23)10-8-13)21-22-20(25)17-11-14-5-3-4-6-15(14)12-19(17)24/h3-12,23-24H,2H2,1H3,(H,22,25). The quantitative estimate of drug-likeness (QED) is 0.501. The van der Waals surface area contributed by atoms with Gasteiger partial charge < -0.3 is 10.2 Å². The van der Waals surface area contributed by atoms with Gasteiger partial charge in [-0.05, 0) is 59.2 Å². The number of aromatic hydroxyl groups is 2. The van der Waals surface area contributed by atoms with Crippen LogP contribution in [0.25, 0.3) is 10.8 Å². The first kappa shape index (κ1) is 16.5. The Morgan fingerprint density at radius 2 is 1.64 bits per heavy atom. The molecule has 126 valence electrons. The molecule has 0 heterocycles. The number of carbonyl (C=O) groups is 1. The highest BCUT2D eigenvalue weighted by molar-refractivity contribution is 6.04. The van der Waals surface area contributed by atoms with Crippen LogP contribution in [-0.4, -0.2) is 21.8 Å². The topological polar surface area (TPSA) is 81.9 Å². The lowest BCUT2D eigenvalue weighted by Crippen LogP contribution is -2.20. The number of rotatable bonds is 4. The van der Waals surface area contributed by atoms with E-state index in [1.165, 1.54) is 0 Å². The van der Waals surface area contributed by atoms with E-state index in [1.807, 2.05) is 31.2 Å². The van der Waals surface area contributed by atoms with E-state index in [4.69, 9.17) is 0 Å². The molecule has 3 rings (SSSR count). The zero-order chi connectivity index (χ0) is 17.8. The summed E-state index contributed by atoms with van der Waals surface area (Å²) in [5.74, 6) is -0.397. The summed E-state index contributed by atoms with van der Waals surface area (Å²) in [6.45, 7) is 1.92. The van der Waals surface area contributed by atoms with Gasteiger partial charge in [0.1, 0.15) is 11.5 Å². The molecule has 0 aliphatic rings. The zero-order valence-corrected chi connectivity index (χ0v) is 13.7. The molecule has 0 aliphatic heterocycles. The third-order valence-electron chi connectivity index (χ3n) is 3.94. The fourth-order valence-corrected chi connectivity index (χ4v) is 2.59. The van der Waals surface area contributed by atoms with Gasteiger partial charge in [0.25, 0.3) is 5.91 Å². The Morgan fingerprint density at radius 3 is 2.28 bits per heavy atom. The number of amides is 1. The normalized spacial score (nSPS) is 11.5. The molecule has 0 saturated heterocycles. The van der Waals surface area contributed by atoms with Gasteiger partial charge in [0.2, 0.25) is 0 Å². The fraction of sp³-hybridized carbons (Fsp3) is 0.100. The van der Waals surface area contributed by atoms with Gasteiger partial charge >= 0.3 is 0 Å². The van der Waals surface area contributed by atoms with Crippen LogP contribution in [0.2, 0.25) is 0 Å². The SMILES string of the molecule is CCC(=NNC(=O)c1cc2ccccc2cc1O)c1ccc(O)cc1. The van der Waals surface area contributed by atoms with Crippen molar-refractivity contribution >= 4 is 22.4 Å². The first-order valence-corrected chi connectivity index (χ1v) is 7.96. The van der Waals surface area contributed by atoms with Crippen LogP contribution in [0.1, 0.15) is 29.3 Å². The fourth-order valence-electron chi connectivity index (χ4n) is 2.59. The van der Waals surface area contributed by atoms with Crippen molar-refractivity contribution in [2.75, 3.05) is 0 Å². The largest absolute Gasteiger partial charge is 0.508 e. The molecular weight excluding hydrogens is 316 g/mol. The van der Waals surface area contributed by atoms with Crippen LogP contribution < -0.4 is 5.43 Å². The number of hydrogen-bond donors (Lipinski definition) is 3. The van der Waals surface area contributed by atoms with Crippen LogP contribution in [0.15, 0.2) is 65.8 Å². The van der Waals surface area contributed by atoms with Gasteiger partial charge in [-0.3, -0.25) is 4.79 Å². The van der Waals surface area contributed by atoms with Crippen LogP contribution in [0.5, 0.6) is 11.5 Å². The molecule has 1 amide bonds. The van der Waals surface area contributed by atoms with Crippen LogP contribution in [0.3, 0.4) is 0 Å². The van der Waals surface area contributed by atoms with E-state index in [2.05, 4.69) is 10.5 Å². The highest BCUT2D eigenvalue weighted by Crippen LogP contribution is 2.24. The van der Waals surface area contributed by atoms with E-state index < -0.39 is 5.91 Å². The summed E-state index contributed by atoms with van der Waals surface area (Å²) in [4.78, 5) is 12.4. The van der Waals surface area contributed by atoms with E-state index in [0.717, 1.165) is 16.3 Å². The minimum atomic E-state index is -0.479. The Kier molecular flexibility index (Phi) is 4.66. The molecule has 0 unspecified atom stereocenters. The monoisotopic (exact) mass is 334 g/mol. The summed E-state index contributed by atoms with van der Waals surface area (Å²) >= 11 is 0. The third-order valence-corrected chi connectivity index (χ3v) is 3.94. The molecule has 0 aliphatic carbocycles. The molecule has 0 spiro atoms. The Hall–Kier alpha value is -3.34. The average Bonchev–Trinajstić information content (AvgIpc) is 2.62. The van der Waals surface area contributed by atoms with Crippen LogP contribution in [-0.2, 0) is 0 Å². The van der Waals surface area contributed by atoms with Gasteiger partial charge in [0, 0.05) is 0 Å². The summed E-state index contributed by atoms with van der Waals surface area (Å²) in [6.07, 6.45) is 0.606. The lowest BCUT2D eigenvalue weighted by molar-refractivity contribution is 0.0952. The Bertz CT molecular complexity index is 947. The van der Waals surface area contributed by atoms with Gasteiger partial charge in [-0.25, -0.2) is 5.43 Å². The summed E-state index contributed by atoms with van der Waals surface area (Å²) in [5.41, 5.74) is 4.15. The highest BCUT2D eigenvalue weighted by Gasteiger charge is 2.12. The second-order valence-electron chi connectivity index (χ2n) is 5.62. The molecule has 0 aromatic heterocycles. The van der Waals surface area contributed by atoms with Crippen molar-refractivity contribution in [1.82, 2.24) is 5.43 Å². The first-order chi connectivity index (χ1) is 12.1. The van der Waals surface area contributed by atoms with E-state index in [1.54, 1.807) is 36.4 Å². The second kappa shape index (κ2) is 7.05. The van der Waals surface area contributed by atoms with Crippen molar-refractivity contribution in [3.8, 4) is 11.5 Å². The van der Waals surface area contributed by atoms with Crippen molar-refractivity contribution < 1.29 is 15.0 Å². The molecule has 0 bridgehead atoms. The second-order valence-corrected chi connectivity index (χ2v) is 5.62. The molecule has 0 radical (unpaired) electrons. The maximum Gasteiger partial charge on any atom is 0.275 e. The molecule has 3 N–H and O–H groups in total. The summed E-state index contributed by atoms with van der Waals surface area (Å²) in [6, 6.07) is 17.3. The minimum absolute atomic E-state index is 0.0888. The molecule has 5 heteroatoms. The van der Waals surface area contributed by atoms with E-state index in [9.17, 15) is 15.0 Å². The average molecular weight is 334 g/mol. The van der Waals surface area contributed by atoms with Crippen molar-refractivity contribution in [3.05, 3.63) is 71.8 Å². The number of nitrogens with one attached hydrogen (secondary N) is 1. The number of phenols is 2. The maximum absolute atomic E-state index is 12.4. The van der Waals surface area contributed by atoms with Crippen LogP contribution >= 0.6 is 0 Å². The Labute approximate surface area is 145 Å². The van der Waals surface area contributed by atoms with E-state index in [-0.39, 0.29) is 17.1 Å². The predicted octanol–water partition coefficient (Wildman–Crippen LogP) is 3.80. The molecule has 0 atom stereocenters. The molecule has 0 fully saturated rings. The summed E-state index contributed by atoms with van der Waals surface area (Å²) in [5, 5.41) is 25.4. The van der Waals surface area contributed by atoms with Crippen molar-refractivity contribution in [2.24, 2.45) is 5.10 Å². The van der Waals surface area contributed by atoms with Crippen molar-refractivity contribution in [2.45, 2.75) is 13.3 Å². The van der Waals surface area contributed by atoms with E-state index >= 15 is 0 Å². The van der Waals surface area contributed by atoms with E-state index in [0.29, 0.717) is 12.1 Å². The van der Waals surface area contributed by atoms with Crippen LogP contribution in [0.4, 0.5) is 0 Å². The number of hydrogen-bond acceptors (Lipinski definition) is 4. The minimum Gasteiger partial charge on any atom is -0.508 e. The number of hydrazone groups is 1. The Morgan fingerprint density at radius 1 is 1.00 bits per heavy atom. The van der Waals surface area contributed by atoms with Crippen molar-refractivity contribution in [1.29, 1.82) is 0 Å². The third kappa shape index (κ3) is 3.61. The van der Waals surface area contributed by atoms with Gasteiger partial charge in [-0.15, -0.1) is 0 Å². The molecule has 3 aromatic rings.